The summed E-state index contributed by atoms with van der Waals surface area (Å²) in [5.41, 5.74) is 0.247. The van der Waals surface area contributed by atoms with E-state index < -0.39 is 10.0 Å². The molecule has 0 saturated carbocycles. The van der Waals surface area contributed by atoms with E-state index in [0.717, 1.165) is 12.8 Å². The lowest BCUT2D eigenvalue weighted by molar-refractivity contribution is 0.342. The van der Waals surface area contributed by atoms with Gasteiger partial charge in [0, 0.05) is 13.6 Å². The number of rotatable bonds is 5. The molecule has 0 saturated heterocycles. The highest BCUT2D eigenvalue weighted by Gasteiger charge is 2.20. The van der Waals surface area contributed by atoms with E-state index in [0.29, 0.717) is 11.4 Å². The Kier molecular flexibility index (Phi) is 4.93. The van der Waals surface area contributed by atoms with E-state index >= 15 is 0 Å². The van der Waals surface area contributed by atoms with Crippen LogP contribution in [-0.2, 0) is 10.0 Å². The Hall–Kier alpha value is -0.870. The maximum Gasteiger partial charge on any atom is 0.242 e. The standard InChI is InChI=1S/C14H23NO2S/c1-14(2,3)11-8-12-15(4)18(16,17)13-9-6-5-7-10-13/h5-7,9-10H,8,11-12H2,1-4H3. The van der Waals surface area contributed by atoms with Gasteiger partial charge in [-0.05, 0) is 30.4 Å². The summed E-state index contributed by atoms with van der Waals surface area (Å²) >= 11 is 0. The predicted molar refractivity (Wildman–Crippen MR) is 74.9 cm³/mol. The molecule has 0 aromatic heterocycles. The molecule has 0 N–H and O–H groups in total. The molecule has 1 aromatic rings. The van der Waals surface area contributed by atoms with Crippen LogP contribution in [-0.4, -0.2) is 26.3 Å². The molecule has 0 spiro atoms. The number of benzene rings is 1. The zero-order valence-corrected chi connectivity index (χ0v) is 12.5. The van der Waals surface area contributed by atoms with Crippen LogP contribution in [0.1, 0.15) is 33.6 Å². The Bertz CT molecular complexity index is 460. The molecule has 0 radical (unpaired) electrons. The van der Waals surface area contributed by atoms with Crippen molar-refractivity contribution < 1.29 is 8.42 Å². The predicted octanol–water partition coefficient (Wildman–Crippen LogP) is 3.13. The highest BCUT2D eigenvalue weighted by molar-refractivity contribution is 7.89. The second kappa shape index (κ2) is 5.85. The van der Waals surface area contributed by atoms with E-state index in [9.17, 15) is 8.42 Å². The third-order valence-corrected chi connectivity index (χ3v) is 4.72. The quantitative estimate of drug-likeness (QED) is 0.823. The topological polar surface area (TPSA) is 37.4 Å². The Balaban J connectivity index is 2.64. The van der Waals surface area contributed by atoms with Gasteiger partial charge in [0.1, 0.15) is 0 Å². The van der Waals surface area contributed by atoms with Gasteiger partial charge in [-0.1, -0.05) is 39.0 Å². The van der Waals surface area contributed by atoms with E-state index in [1.165, 1.54) is 4.31 Å². The van der Waals surface area contributed by atoms with Crippen LogP contribution in [0.15, 0.2) is 35.2 Å². The zero-order chi connectivity index (χ0) is 13.8. The van der Waals surface area contributed by atoms with Crippen LogP contribution < -0.4 is 0 Å². The SMILES string of the molecule is CN(CCCC(C)(C)C)S(=O)(=O)c1ccccc1. The summed E-state index contributed by atoms with van der Waals surface area (Å²) in [6.07, 6.45) is 1.90. The molecule has 0 heterocycles. The third-order valence-electron chi connectivity index (χ3n) is 2.85. The van der Waals surface area contributed by atoms with Crippen LogP contribution in [0.3, 0.4) is 0 Å². The van der Waals surface area contributed by atoms with Gasteiger partial charge in [0.05, 0.1) is 4.90 Å². The fourth-order valence-corrected chi connectivity index (χ4v) is 2.96. The fourth-order valence-electron chi connectivity index (χ4n) is 1.72. The molecule has 1 rings (SSSR count). The van der Waals surface area contributed by atoms with Crippen LogP contribution in [0, 0.1) is 5.41 Å². The molecule has 0 unspecified atom stereocenters. The molecule has 0 bridgehead atoms. The Labute approximate surface area is 111 Å². The molecule has 0 fully saturated rings. The average Bonchev–Trinajstić information content (AvgIpc) is 2.28. The molecular weight excluding hydrogens is 246 g/mol. The Morgan fingerprint density at radius 3 is 2.17 bits per heavy atom. The smallest absolute Gasteiger partial charge is 0.207 e. The largest absolute Gasteiger partial charge is 0.242 e. The minimum atomic E-state index is -3.32. The first kappa shape index (κ1) is 15.2. The minimum absolute atomic E-state index is 0.247. The summed E-state index contributed by atoms with van der Waals surface area (Å²) in [5, 5.41) is 0. The lowest BCUT2D eigenvalue weighted by atomic mass is 9.91. The first-order valence-corrected chi connectivity index (χ1v) is 7.69. The lowest BCUT2D eigenvalue weighted by Gasteiger charge is -2.21. The molecule has 102 valence electrons. The molecule has 1 aromatic carbocycles. The van der Waals surface area contributed by atoms with Gasteiger partial charge in [0.2, 0.25) is 10.0 Å². The van der Waals surface area contributed by atoms with Crippen molar-refractivity contribution in [3.63, 3.8) is 0 Å². The monoisotopic (exact) mass is 269 g/mol. The summed E-state index contributed by atoms with van der Waals surface area (Å²) in [6.45, 7) is 7.06. The van der Waals surface area contributed by atoms with E-state index in [1.54, 1.807) is 31.3 Å². The normalized spacial score (nSPS) is 12.9. The summed E-state index contributed by atoms with van der Waals surface area (Å²) < 4.78 is 25.9. The zero-order valence-electron chi connectivity index (χ0n) is 11.7. The molecule has 3 nitrogen and oxygen atoms in total. The van der Waals surface area contributed by atoms with E-state index in [1.807, 2.05) is 6.07 Å². The van der Waals surface area contributed by atoms with E-state index in [-0.39, 0.29) is 5.41 Å². The summed E-state index contributed by atoms with van der Waals surface area (Å²) in [6, 6.07) is 8.58. The molecule has 0 aliphatic carbocycles. The number of hydrogen-bond acceptors (Lipinski definition) is 2. The van der Waals surface area contributed by atoms with Crippen molar-refractivity contribution in [3.8, 4) is 0 Å². The molecule has 18 heavy (non-hydrogen) atoms. The number of hydrogen-bond donors (Lipinski definition) is 0. The molecule has 0 aliphatic heterocycles. The summed E-state index contributed by atoms with van der Waals surface area (Å²) in [4.78, 5) is 0.364. The van der Waals surface area contributed by atoms with Gasteiger partial charge in [-0.15, -0.1) is 0 Å². The molecule has 0 amide bonds. The van der Waals surface area contributed by atoms with E-state index in [2.05, 4.69) is 20.8 Å². The third kappa shape index (κ3) is 4.42. The van der Waals surface area contributed by atoms with Crippen molar-refractivity contribution in [2.45, 2.75) is 38.5 Å². The van der Waals surface area contributed by atoms with Crippen molar-refractivity contribution >= 4 is 10.0 Å². The van der Waals surface area contributed by atoms with Crippen molar-refractivity contribution in [1.82, 2.24) is 4.31 Å². The Morgan fingerprint density at radius 1 is 1.11 bits per heavy atom. The molecule has 0 atom stereocenters. The van der Waals surface area contributed by atoms with Gasteiger partial charge in [0.15, 0.2) is 0 Å². The highest BCUT2D eigenvalue weighted by Crippen LogP contribution is 2.21. The van der Waals surface area contributed by atoms with Gasteiger partial charge < -0.3 is 0 Å². The number of nitrogens with zero attached hydrogens (tertiary/aromatic N) is 1. The Morgan fingerprint density at radius 2 is 1.67 bits per heavy atom. The van der Waals surface area contributed by atoms with Crippen molar-refractivity contribution in [2.24, 2.45) is 5.41 Å². The van der Waals surface area contributed by atoms with Gasteiger partial charge in [0.25, 0.3) is 0 Å². The van der Waals surface area contributed by atoms with Crippen LogP contribution in [0.5, 0.6) is 0 Å². The molecular formula is C14H23NO2S. The summed E-state index contributed by atoms with van der Waals surface area (Å²) in [5.74, 6) is 0. The van der Waals surface area contributed by atoms with E-state index in [4.69, 9.17) is 0 Å². The first-order valence-electron chi connectivity index (χ1n) is 6.25. The van der Waals surface area contributed by atoms with Crippen LogP contribution in [0.4, 0.5) is 0 Å². The van der Waals surface area contributed by atoms with Crippen LogP contribution in [0.25, 0.3) is 0 Å². The second-order valence-corrected chi connectivity index (χ2v) is 7.85. The van der Waals surface area contributed by atoms with Crippen molar-refractivity contribution in [3.05, 3.63) is 30.3 Å². The van der Waals surface area contributed by atoms with Crippen LogP contribution >= 0.6 is 0 Å². The summed E-state index contributed by atoms with van der Waals surface area (Å²) in [7, 11) is -1.68. The minimum Gasteiger partial charge on any atom is -0.207 e. The maximum atomic E-state index is 12.2. The fraction of sp³-hybridized carbons (Fsp3) is 0.571. The molecule has 0 aliphatic rings. The van der Waals surface area contributed by atoms with Crippen molar-refractivity contribution in [1.29, 1.82) is 0 Å². The second-order valence-electron chi connectivity index (χ2n) is 5.80. The van der Waals surface area contributed by atoms with Gasteiger partial charge in [-0.3, -0.25) is 0 Å². The lowest BCUT2D eigenvalue weighted by Crippen LogP contribution is -2.28. The molecule has 4 heteroatoms. The van der Waals surface area contributed by atoms with Crippen molar-refractivity contribution in [2.75, 3.05) is 13.6 Å². The highest BCUT2D eigenvalue weighted by atomic mass is 32.2. The average molecular weight is 269 g/mol. The van der Waals surface area contributed by atoms with Crippen LogP contribution in [0.2, 0.25) is 0 Å². The van der Waals surface area contributed by atoms with Gasteiger partial charge >= 0.3 is 0 Å². The van der Waals surface area contributed by atoms with Gasteiger partial charge in [-0.25, -0.2) is 12.7 Å². The first-order chi connectivity index (χ1) is 8.23. The maximum absolute atomic E-state index is 12.2. The van der Waals surface area contributed by atoms with Gasteiger partial charge in [-0.2, -0.15) is 0 Å². The number of sulfonamides is 1.